The van der Waals surface area contributed by atoms with Crippen molar-refractivity contribution in [3.05, 3.63) is 35.7 Å². The highest BCUT2D eigenvalue weighted by Gasteiger charge is 2.37. The van der Waals surface area contributed by atoms with Gasteiger partial charge in [-0.05, 0) is 24.6 Å². The number of hydrogen-bond donors (Lipinski definition) is 0. The number of halogens is 3. The smallest absolute Gasteiger partial charge is 0.370 e. The predicted octanol–water partition coefficient (Wildman–Crippen LogP) is 3.14. The minimum atomic E-state index is -4.51. The van der Waals surface area contributed by atoms with Crippen LogP contribution in [0.5, 0.6) is 0 Å². The second kappa shape index (κ2) is 6.28. The van der Waals surface area contributed by atoms with E-state index in [1.807, 2.05) is 29.0 Å². The average Bonchev–Trinajstić information content (AvgIpc) is 3.22. The van der Waals surface area contributed by atoms with E-state index in [0.29, 0.717) is 23.8 Å². The fraction of sp³-hybridized carbons (Fsp3) is 0.400. The van der Waals surface area contributed by atoms with E-state index in [9.17, 15) is 13.2 Å². The molecule has 126 valence electrons. The number of hydrogen-bond acceptors (Lipinski definition) is 6. The van der Waals surface area contributed by atoms with Crippen molar-refractivity contribution in [2.45, 2.75) is 18.6 Å². The van der Waals surface area contributed by atoms with E-state index in [0.717, 1.165) is 23.6 Å². The van der Waals surface area contributed by atoms with Gasteiger partial charge in [0.1, 0.15) is 0 Å². The largest absolute Gasteiger partial charge is 0.452 e. The minimum Gasteiger partial charge on any atom is -0.370 e. The van der Waals surface area contributed by atoms with Gasteiger partial charge in [0.05, 0.1) is 11.6 Å². The predicted molar refractivity (Wildman–Crippen MR) is 85.1 cm³/mol. The summed E-state index contributed by atoms with van der Waals surface area (Å²) >= 11 is 0.773. The molecule has 0 saturated carbocycles. The lowest BCUT2D eigenvalue weighted by molar-refractivity contribution is -0.144. The van der Waals surface area contributed by atoms with E-state index < -0.39 is 12.0 Å². The summed E-state index contributed by atoms with van der Waals surface area (Å²) in [5.41, 5.74) is 1.49. The molecule has 3 rings (SSSR count). The lowest BCUT2D eigenvalue weighted by atomic mass is 10.1. The molecule has 1 aliphatic rings. The molecule has 0 amide bonds. The van der Waals surface area contributed by atoms with Crippen LogP contribution in [0.25, 0.3) is 0 Å². The fourth-order valence-corrected chi connectivity index (χ4v) is 3.42. The Labute approximate surface area is 141 Å². The molecule has 2 heterocycles. The highest BCUT2D eigenvalue weighted by molar-refractivity contribution is 7.09. The van der Waals surface area contributed by atoms with Crippen molar-refractivity contribution in [1.82, 2.24) is 9.36 Å². The lowest BCUT2D eigenvalue weighted by Gasteiger charge is -2.26. The van der Waals surface area contributed by atoms with Gasteiger partial charge in [-0.2, -0.15) is 27.8 Å². The first-order valence-corrected chi connectivity index (χ1v) is 8.04. The van der Waals surface area contributed by atoms with Crippen LogP contribution in [0.2, 0.25) is 0 Å². The van der Waals surface area contributed by atoms with Crippen molar-refractivity contribution < 1.29 is 13.2 Å². The highest BCUT2D eigenvalue weighted by Crippen LogP contribution is 2.32. The first-order chi connectivity index (χ1) is 11.4. The van der Waals surface area contributed by atoms with E-state index in [4.69, 9.17) is 5.26 Å². The third kappa shape index (κ3) is 3.28. The molecular formula is C15H14F3N5S. The molecule has 1 fully saturated rings. The minimum absolute atomic E-state index is 0.136. The summed E-state index contributed by atoms with van der Waals surface area (Å²) in [5.74, 6) is -1.08. The highest BCUT2D eigenvalue weighted by atomic mass is 32.1. The van der Waals surface area contributed by atoms with Crippen LogP contribution in [0.1, 0.15) is 17.8 Å². The summed E-state index contributed by atoms with van der Waals surface area (Å²) in [6.45, 7) is 1.19. The number of benzene rings is 1. The average molecular weight is 353 g/mol. The fourth-order valence-electron chi connectivity index (χ4n) is 2.70. The van der Waals surface area contributed by atoms with Gasteiger partial charge in [0.25, 0.3) is 0 Å². The molecule has 1 atom stereocenters. The van der Waals surface area contributed by atoms with E-state index in [2.05, 4.69) is 15.4 Å². The van der Waals surface area contributed by atoms with Crippen molar-refractivity contribution in [3.63, 3.8) is 0 Å². The van der Waals surface area contributed by atoms with Crippen LogP contribution in [0.3, 0.4) is 0 Å². The van der Waals surface area contributed by atoms with Crippen LogP contribution in [0.15, 0.2) is 24.3 Å². The topological polar surface area (TPSA) is 56.1 Å². The van der Waals surface area contributed by atoms with Gasteiger partial charge >= 0.3 is 6.18 Å². The Morgan fingerprint density at radius 3 is 2.88 bits per heavy atom. The summed E-state index contributed by atoms with van der Waals surface area (Å²) in [6.07, 6.45) is -3.71. The van der Waals surface area contributed by atoms with Crippen LogP contribution in [-0.4, -0.2) is 35.5 Å². The second-order valence-corrected chi connectivity index (χ2v) is 6.29. The quantitative estimate of drug-likeness (QED) is 0.848. The molecule has 24 heavy (non-hydrogen) atoms. The van der Waals surface area contributed by atoms with Crippen LogP contribution in [-0.2, 0) is 6.18 Å². The van der Waals surface area contributed by atoms with Crippen molar-refractivity contribution >= 4 is 22.4 Å². The van der Waals surface area contributed by atoms with Crippen LogP contribution in [0, 0.1) is 11.3 Å². The van der Waals surface area contributed by atoms with Gasteiger partial charge in [-0.25, -0.2) is 0 Å². The Kier molecular flexibility index (Phi) is 4.32. The third-order valence-corrected chi connectivity index (χ3v) is 4.81. The molecule has 0 radical (unpaired) electrons. The van der Waals surface area contributed by atoms with Gasteiger partial charge in [-0.3, -0.25) is 0 Å². The maximum Gasteiger partial charge on any atom is 0.452 e. The van der Waals surface area contributed by atoms with E-state index in [1.165, 1.54) is 0 Å². The van der Waals surface area contributed by atoms with Crippen LogP contribution < -0.4 is 9.80 Å². The Balaban J connectivity index is 1.71. The van der Waals surface area contributed by atoms with Crippen molar-refractivity contribution in [2.24, 2.45) is 0 Å². The van der Waals surface area contributed by atoms with Crippen molar-refractivity contribution in [2.75, 3.05) is 29.9 Å². The zero-order valence-electron chi connectivity index (χ0n) is 12.8. The van der Waals surface area contributed by atoms with Crippen LogP contribution >= 0.6 is 11.5 Å². The molecule has 1 aliphatic heterocycles. The van der Waals surface area contributed by atoms with E-state index >= 15 is 0 Å². The Bertz CT molecular complexity index is 767. The number of alkyl halides is 3. The normalized spacial score (nSPS) is 17.8. The summed E-state index contributed by atoms with van der Waals surface area (Å²) < 4.78 is 41.2. The van der Waals surface area contributed by atoms with Gasteiger partial charge in [0.15, 0.2) is 0 Å². The first kappa shape index (κ1) is 16.5. The Hall–Kier alpha value is -2.34. The van der Waals surface area contributed by atoms with Gasteiger partial charge in [-0.1, -0.05) is 6.07 Å². The molecule has 0 bridgehead atoms. The molecule has 2 aromatic rings. The molecule has 0 N–H and O–H groups in total. The molecule has 9 heteroatoms. The molecule has 1 aromatic heterocycles. The monoisotopic (exact) mass is 353 g/mol. The molecule has 5 nitrogen and oxygen atoms in total. The van der Waals surface area contributed by atoms with E-state index in [-0.39, 0.29) is 6.04 Å². The SMILES string of the molecule is CN(c1cccc(C#N)c1)C1CCN(c2nc(C(F)(F)F)ns2)C1. The Morgan fingerprint density at radius 1 is 1.42 bits per heavy atom. The molecule has 0 spiro atoms. The number of aromatic nitrogens is 2. The van der Waals surface area contributed by atoms with Crippen LogP contribution in [0.4, 0.5) is 24.0 Å². The van der Waals surface area contributed by atoms with E-state index in [1.54, 1.807) is 12.1 Å². The molecule has 0 aliphatic carbocycles. The third-order valence-electron chi connectivity index (χ3n) is 4.03. The molecular weight excluding hydrogens is 339 g/mol. The maximum atomic E-state index is 12.6. The molecule has 1 unspecified atom stereocenters. The number of nitrogens with zero attached hydrogens (tertiary/aromatic N) is 5. The summed E-state index contributed by atoms with van der Waals surface area (Å²) in [7, 11) is 1.92. The zero-order valence-corrected chi connectivity index (χ0v) is 13.6. The van der Waals surface area contributed by atoms with Crippen molar-refractivity contribution in [3.8, 4) is 6.07 Å². The first-order valence-electron chi connectivity index (χ1n) is 7.27. The standard InChI is InChI=1S/C15H14F3N5S/c1-22(11-4-2-3-10(7-11)8-19)12-5-6-23(9-12)14-20-13(21-24-14)15(16,17)18/h2-4,7,12H,5-6,9H2,1H3. The van der Waals surface area contributed by atoms with Gasteiger partial charge < -0.3 is 9.80 Å². The zero-order chi connectivity index (χ0) is 17.3. The number of nitriles is 1. The summed E-state index contributed by atoms with van der Waals surface area (Å²) in [5, 5.41) is 9.28. The second-order valence-electron chi connectivity index (χ2n) is 5.56. The lowest BCUT2D eigenvalue weighted by Crippen LogP contribution is -2.34. The molecule has 1 aromatic carbocycles. The number of likely N-dealkylation sites (N-methyl/N-ethyl adjacent to an activating group) is 1. The van der Waals surface area contributed by atoms with Gasteiger partial charge in [0.2, 0.25) is 11.0 Å². The van der Waals surface area contributed by atoms with Gasteiger partial charge in [0, 0.05) is 43.4 Å². The Morgan fingerprint density at radius 2 is 2.21 bits per heavy atom. The summed E-state index contributed by atoms with van der Waals surface area (Å²) in [4.78, 5) is 7.47. The van der Waals surface area contributed by atoms with Gasteiger partial charge in [-0.15, -0.1) is 0 Å². The summed E-state index contributed by atoms with van der Waals surface area (Å²) in [6, 6.07) is 9.51. The molecule has 1 saturated heterocycles. The number of anilines is 2. The number of rotatable bonds is 3. The van der Waals surface area contributed by atoms with Crippen molar-refractivity contribution in [1.29, 1.82) is 5.26 Å². The maximum absolute atomic E-state index is 12.6.